The molecule has 0 amide bonds. The Balaban J connectivity index is 2.83. The lowest BCUT2D eigenvalue weighted by Crippen LogP contribution is -2.33. The van der Waals surface area contributed by atoms with Gasteiger partial charge in [0.1, 0.15) is 0 Å². The molecule has 0 aliphatic rings. The van der Waals surface area contributed by atoms with Crippen molar-refractivity contribution in [2.75, 3.05) is 27.3 Å². The van der Waals surface area contributed by atoms with Gasteiger partial charge < -0.3 is 4.74 Å². The summed E-state index contributed by atoms with van der Waals surface area (Å²) in [5, 5.41) is 0. The molecule has 0 saturated carbocycles. The van der Waals surface area contributed by atoms with Crippen LogP contribution in [0.1, 0.15) is 5.56 Å². The van der Waals surface area contributed by atoms with E-state index in [4.69, 9.17) is 4.74 Å². The first-order chi connectivity index (χ1) is 8.37. The highest BCUT2D eigenvalue weighted by Gasteiger charge is 2.22. The molecule has 1 atom stereocenters. The van der Waals surface area contributed by atoms with Crippen molar-refractivity contribution in [3.8, 4) is 0 Å². The molecular formula is C12H18BrNO3S. The molecule has 0 N–H and O–H groups in total. The Hall–Kier alpha value is -0.430. The second kappa shape index (κ2) is 6.65. The van der Waals surface area contributed by atoms with Crippen LogP contribution in [0.15, 0.2) is 29.2 Å². The highest BCUT2D eigenvalue weighted by atomic mass is 79.9. The number of hydrogen-bond acceptors (Lipinski definition) is 3. The van der Waals surface area contributed by atoms with Crippen molar-refractivity contribution in [2.45, 2.75) is 16.6 Å². The summed E-state index contributed by atoms with van der Waals surface area (Å²) in [6.07, 6.45) is 0. The maximum Gasteiger partial charge on any atom is 0.242 e. The molecule has 4 nitrogen and oxygen atoms in total. The van der Waals surface area contributed by atoms with Crippen LogP contribution in [0.5, 0.6) is 0 Å². The molecule has 18 heavy (non-hydrogen) atoms. The Morgan fingerprint density at radius 3 is 2.39 bits per heavy atom. The lowest BCUT2D eigenvalue weighted by Gasteiger charge is -2.20. The highest BCUT2D eigenvalue weighted by Crippen LogP contribution is 2.16. The minimum absolute atomic E-state index is 0.0206. The number of sulfonamides is 1. The number of methoxy groups -OCH3 is 1. The van der Waals surface area contributed by atoms with Gasteiger partial charge in [-0.1, -0.05) is 33.6 Å². The van der Waals surface area contributed by atoms with Gasteiger partial charge in [0.15, 0.2) is 0 Å². The highest BCUT2D eigenvalue weighted by molar-refractivity contribution is 9.09. The molecule has 0 spiro atoms. The van der Waals surface area contributed by atoms with Gasteiger partial charge in [0.25, 0.3) is 0 Å². The minimum atomic E-state index is -3.42. The third-order valence-corrected chi connectivity index (χ3v) is 4.92. The summed E-state index contributed by atoms with van der Waals surface area (Å²) in [5.41, 5.74) is 1.04. The molecule has 0 bridgehead atoms. The van der Waals surface area contributed by atoms with Gasteiger partial charge in [-0.15, -0.1) is 0 Å². The molecule has 0 aromatic heterocycles. The van der Waals surface area contributed by atoms with E-state index in [2.05, 4.69) is 15.9 Å². The Morgan fingerprint density at radius 1 is 1.33 bits per heavy atom. The van der Waals surface area contributed by atoms with Gasteiger partial charge in [-0.05, 0) is 19.1 Å². The summed E-state index contributed by atoms with van der Waals surface area (Å²) >= 11 is 3.38. The zero-order valence-corrected chi connectivity index (χ0v) is 13.2. The van der Waals surface area contributed by atoms with Crippen molar-refractivity contribution in [3.63, 3.8) is 0 Å². The first kappa shape index (κ1) is 15.6. The van der Waals surface area contributed by atoms with Gasteiger partial charge in [-0.3, -0.25) is 0 Å². The summed E-state index contributed by atoms with van der Waals surface area (Å²) in [7, 11) is -0.267. The SMILES string of the molecule is COCC(Br)CN(C)S(=O)(=O)c1ccc(C)cc1. The third-order valence-electron chi connectivity index (χ3n) is 2.53. The van der Waals surface area contributed by atoms with Crippen molar-refractivity contribution >= 4 is 26.0 Å². The predicted octanol–water partition coefficient (Wildman–Crippen LogP) is 2.03. The third kappa shape index (κ3) is 4.05. The number of nitrogens with zero attached hydrogens (tertiary/aromatic N) is 1. The van der Waals surface area contributed by atoms with E-state index in [-0.39, 0.29) is 4.83 Å². The number of benzene rings is 1. The Morgan fingerprint density at radius 2 is 1.89 bits per heavy atom. The van der Waals surface area contributed by atoms with E-state index in [1.165, 1.54) is 4.31 Å². The van der Waals surface area contributed by atoms with Crippen LogP contribution in [0, 0.1) is 6.92 Å². The van der Waals surface area contributed by atoms with Gasteiger partial charge in [0.05, 0.1) is 16.3 Å². The van der Waals surface area contributed by atoms with Gasteiger partial charge in [0.2, 0.25) is 10.0 Å². The Kier molecular flexibility index (Phi) is 5.78. The summed E-state index contributed by atoms with van der Waals surface area (Å²) in [6, 6.07) is 6.84. The van der Waals surface area contributed by atoms with Gasteiger partial charge >= 0.3 is 0 Å². The van der Waals surface area contributed by atoms with Crippen LogP contribution >= 0.6 is 15.9 Å². The number of rotatable bonds is 6. The maximum absolute atomic E-state index is 12.2. The van der Waals surface area contributed by atoms with Crippen LogP contribution in [0.4, 0.5) is 0 Å². The van der Waals surface area contributed by atoms with E-state index in [0.29, 0.717) is 18.0 Å². The normalized spacial score (nSPS) is 13.8. The lowest BCUT2D eigenvalue weighted by molar-refractivity contribution is 0.195. The van der Waals surface area contributed by atoms with Crippen molar-refractivity contribution < 1.29 is 13.2 Å². The molecule has 1 aromatic rings. The zero-order valence-electron chi connectivity index (χ0n) is 10.8. The predicted molar refractivity (Wildman–Crippen MR) is 75.6 cm³/mol. The first-order valence-electron chi connectivity index (χ1n) is 5.54. The summed E-state index contributed by atoms with van der Waals surface area (Å²) in [6.45, 7) is 2.75. The number of hydrogen-bond donors (Lipinski definition) is 0. The van der Waals surface area contributed by atoms with Crippen LogP contribution < -0.4 is 0 Å². The van der Waals surface area contributed by atoms with E-state index in [1.807, 2.05) is 6.92 Å². The lowest BCUT2D eigenvalue weighted by atomic mass is 10.2. The van der Waals surface area contributed by atoms with Gasteiger partial charge in [0, 0.05) is 20.7 Å². The quantitative estimate of drug-likeness (QED) is 0.747. The first-order valence-corrected chi connectivity index (χ1v) is 7.89. The van der Waals surface area contributed by atoms with E-state index in [0.717, 1.165) is 5.56 Å². The Bertz CT molecular complexity index is 473. The van der Waals surface area contributed by atoms with Crippen LogP contribution in [0.2, 0.25) is 0 Å². The minimum Gasteiger partial charge on any atom is -0.383 e. The molecule has 0 saturated heterocycles. The molecule has 1 aromatic carbocycles. The summed E-state index contributed by atoms with van der Waals surface area (Å²) < 4.78 is 30.8. The second-order valence-electron chi connectivity index (χ2n) is 4.15. The van der Waals surface area contributed by atoms with Crippen molar-refractivity contribution in [3.05, 3.63) is 29.8 Å². The average Bonchev–Trinajstić information content (AvgIpc) is 2.29. The molecule has 6 heteroatoms. The van der Waals surface area contributed by atoms with E-state index < -0.39 is 10.0 Å². The fraction of sp³-hybridized carbons (Fsp3) is 0.500. The molecule has 1 unspecified atom stereocenters. The fourth-order valence-corrected chi connectivity index (χ4v) is 3.61. The van der Waals surface area contributed by atoms with E-state index in [1.54, 1.807) is 38.4 Å². The smallest absolute Gasteiger partial charge is 0.242 e. The fourth-order valence-electron chi connectivity index (χ4n) is 1.50. The van der Waals surface area contributed by atoms with Crippen LogP contribution in [-0.4, -0.2) is 44.9 Å². The molecular weight excluding hydrogens is 318 g/mol. The van der Waals surface area contributed by atoms with Crippen LogP contribution in [0.3, 0.4) is 0 Å². The topological polar surface area (TPSA) is 46.6 Å². The zero-order chi connectivity index (χ0) is 13.8. The number of ether oxygens (including phenoxy) is 1. The molecule has 0 heterocycles. The number of alkyl halides is 1. The average molecular weight is 336 g/mol. The van der Waals surface area contributed by atoms with Crippen molar-refractivity contribution in [2.24, 2.45) is 0 Å². The Labute approximate surface area is 117 Å². The standard InChI is InChI=1S/C12H18BrNO3S/c1-10-4-6-12(7-5-10)18(15,16)14(2)8-11(13)9-17-3/h4-7,11H,8-9H2,1-3H3. The van der Waals surface area contributed by atoms with Gasteiger partial charge in [-0.25, -0.2) is 8.42 Å². The van der Waals surface area contributed by atoms with Crippen molar-refractivity contribution in [1.82, 2.24) is 4.31 Å². The van der Waals surface area contributed by atoms with Crippen LogP contribution in [-0.2, 0) is 14.8 Å². The number of aryl methyl sites for hydroxylation is 1. The van der Waals surface area contributed by atoms with Crippen LogP contribution in [0.25, 0.3) is 0 Å². The molecule has 0 aliphatic heterocycles. The maximum atomic E-state index is 12.2. The molecule has 0 radical (unpaired) electrons. The molecule has 0 fully saturated rings. The second-order valence-corrected chi connectivity index (χ2v) is 7.49. The molecule has 1 rings (SSSR count). The monoisotopic (exact) mass is 335 g/mol. The molecule has 102 valence electrons. The van der Waals surface area contributed by atoms with Crippen molar-refractivity contribution in [1.29, 1.82) is 0 Å². The summed E-state index contributed by atoms with van der Waals surface area (Å²) in [5.74, 6) is 0. The molecule has 0 aliphatic carbocycles. The van der Waals surface area contributed by atoms with Gasteiger partial charge in [-0.2, -0.15) is 4.31 Å². The van der Waals surface area contributed by atoms with E-state index >= 15 is 0 Å². The largest absolute Gasteiger partial charge is 0.383 e. The summed E-state index contributed by atoms with van der Waals surface area (Å²) in [4.78, 5) is 0.292. The van der Waals surface area contributed by atoms with E-state index in [9.17, 15) is 8.42 Å². The number of halogens is 1.